The molecule has 1 nitrogen and oxygen atoms in total. The first-order valence-corrected chi connectivity index (χ1v) is 12.4. The van der Waals surface area contributed by atoms with Gasteiger partial charge in [0.05, 0.1) is 10.7 Å². The molecule has 1 atom stereocenters. The van der Waals surface area contributed by atoms with E-state index in [4.69, 9.17) is 0 Å². The van der Waals surface area contributed by atoms with Crippen molar-refractivity contribution < 1.29 is 26.3 Å². The van der Waals surface area contributed by atoms with Gasteiger partial charge >= 0.3 is 0 Å². The monoisotopic (exact) mass is 541 g/mol. The van der Waals surface area contributed by atoms with E-state index in [1.54, 1.807) is 0 Å². The fourth-order valence-electron chi connectivity index (χ4n) is 4.66. The summed E-state index contributed by atoms with van der Waals surface area (Å²) in [6, 6.07) is 4.98. The number of isothiocyanates is 1. The number of fused-ring (bicyclic) bond motifs is 1. The molecule has 0 amide bonds. The Bertz CT molecular complexity index is 1500. The van der Waals surface area contributed by atoms with Crippen LogP contribution in [0.1, 0.15) is 59.6 Å². The highest BCUT2D eigenvalue weighted by atomic mass is 32.1. The molecule has 0 aromatic heterocycles. The van der Waals surface area contributed by atoms with Gasteiger partial charge in [0, 0.05) is 11.1 Å². The van der Waals surface area contributed by atoms with E-state index in [0.29, 0.717) is 29.9 Å². The van der Waals surface area contributed by atoms with E-state index in [-0.39, 0.29) is 11.1 Å². The lowest BCUT2D eigenvalue weighted by molar-refractivity contribution is 0.411. The maximum atomic E-state index is 15.1. The van der Waals surface area contributed by atoms with Crippen molar-refractivity contribution in [3.05, 3.63) is 98.6 Å². The lowest BCUT2D eigenvalue weighted by atomic mass is 9.81. The van der Waals surface area contributed by atoms with Gasteiger partial charge in [0.1, 0.15) is 29.0 Å². The fourth-order valence-corrected chi connectivity index (χ4v) is 4.75. The second kappa shape index (κ2) is 11.8. The third-order valence-electron chi connectivity index (χ3n) is 6.47. The Labute approximate surface area is 221 Å². The molecule has 1 aliphatic carbocycles. The largest absolute Gasteiger partial charge is 0.206 e. The van der Waals surface area contributed by atoms with Crippen molar-refractivity contribution in [2.45, 2.75) is 39.0 Å². The van der Waals surface area contributed by atoms with Gasteiger partial charge in [-0.1, -0.05) is 37.7 Å². The Balaban J connectivity index is 1.60. The van der Waals surface area contributed by atoms with E-state index in [2.05, 4.69) is 36.0 Å². The van der Waals surface area contributed by atoms with Gasteiger partial charge in [0.2, 0.25) is 0 Å². The molecule has 0 saturated carbocycles. The Morgan fingerprint density at radius 2 is 1.58 bits per heavy atom. The lowest BCUT2D eigenvalue weighted by Gasteiger charge is -2.25. The normalized spacial score (nSPS) is 14.6. The molecule has 194 valence electrons. The molecule has 4 rings (SSSR count). The maximum Gasteiger partial charge on any atom is 0.153 e. The third-order valence-corrected chi connectivity index (χ3v) is 6.56. The topological polar surface area (TPSA) is 12.4 Å². The van der Waals surface area contributed by atoms with Gasteiger partial charge in [-0.2, -0.15) is 4.99 Å². The second-order valence-corrected chi connectivity index (χ2v) is 9.24. The molecule has 0 fully saturated rings. The Morgan fingerprint density at radius 1 is 0.895 bits per heavy atom. The van der Waals surface area contributed by atoms with Gasteiger partial charge in [-0.15, -0.1) is 0 Å². The smallest absolute Gasteiger partial charge is 0.153 e. The highest BCUT2D eigenvalue weighted by molar-refractivity contribution is 7.78. The number of aliphatic imine (C=N–C) groups is 1. The molecule has 0 bridgehead atoms. The minimum absolute atomic E-state index is 0.00892. The third kappa shape index (κ3) is 5.91. The van der Waals surface area contributed by atoms with E-state index in [9.17, 15) is 22.0 Å². The van der Waals surface area contributed by atoms with E-state index < -0.39 is 51.7 Å². The van der Waals surface area contributed by atoms with E-state index in [1.807, 2.05) is 5.16 Å². The molecular formula is C30H21F6NS. The predicted octanol–water partition coefficient (Wildman–Crippen LogP) is 8.73. The number of thiocarbonyl (C=S) groups is 1. The molecule has 3 aromatic carbocycles. The molecule has 0 heterocycles. The van der Waals surface area contributed by atoms with Gasteiger partial charge in [0.15, 0.2) is 11.6 Å². The summed E-state index contributed by atoms with van der Waals surface area (Å²) in [6.07, 6.45) is 6.04. The molecule has 0 N–H and O–H groups in total. The summed E-state index contributed by atoms with van der Waals surface area (Å²) in [7, 11) is 0. The zero-order valence-corrected chi connectivity index (χ0v) is 21.1. The van der Waals surface area contributed by atoms with Crippen molar-refractivity contribution >= 4 is 35.2 Å². The molecule has 0 aliphatic heterocycles. The number of rotatable bonds is 5. The summed E-state index contributed by atoms with van der Waals surface area (Å²) in [6.45, 7) is 2.07. The quantitative estimate of drug-likeness (QED) is 0.103. The summed E-state index contributed by atoms with van der Waals surface area (Å²) >= 11 is 4.34. The zero-order valence-electron chi connectivity index (χ0n) is 20.3. The highest BCUT2D eigenvalue weighted by Crippen LogP contribution is 2.32. The van der Waals surface area contributed by atoms with Crippen LogP contribution >= 0.6 is 12.2 Å². The zero-order chi connectivity index (χ0) is 27.4. The molecule has 0 radical (unpaired) electrons. The standard InChI is InChI=1S/C30H21F6NS/c1-2-3-17-4-7-21-20(10-17)15-26(33)23(29(21)36)9-6-18-11-24(31)22(25(32)12-18)8-5-19-13-27(34)30(37-16-38)28(35)14-19/h5,8,11-15,17H,2-4,7,10H2,1H3/b8-5+. The Morgan fingerprint density at radius 3 is 2.21 bits per heavy atom. The molecule has 38 heavy (non-hydrogen) atoms. The van der Waals surface area contributed by atoms with Crippen LogP contribution in [-0.4, -0.2) is 5.16 Å². The first kappa shape index (κ1) is 27.4. The first-order chi connectivity index (χ1) is 18.2. The molecule has 0 spiro atoms. The van der Waals surface area contributed by atoms with Crippen molar-refractivity contribution in [2.24, 2.45) is 10.9 Å². The minimum Gasteiger partial charge on any atom is -0.206 e. The second-order valence-electron chi connectivity index (χ2n) is 9.06. The van der Waals surface area contributed by atoms with E-state index in [1.165, 1.54) is 6.07 Å². The lowest BCUT2D eigenvalue weighted by Crippen LogP contribution is -2.17. The summed E-state index contributed by atoms with van der Waals surface area (Å²) < 4.78 is 87.1. The van der Waals surface area contributed by atoms with Crippen LogP contribution in [0, 0.1) is 52.7 Å². The van der Waals surface area contributed by atoms with Gasteiger partial charge in [0.25, 0.3) is 0 Å². The molecule has 1 aliphatic rings. The molecule has 1 unspecified atom stereocenters. The molecule has 3 aromatic rings. The van der Waals surface area contributed by atoms with Crippen LogP contribution in [0.3, 0.4) is 0 Å². The van der Waals surface area contributed by atoms with Gasteiger partial charge in [-0.25, -0.2) is 26.3 Å². The number of benzene rings is 3. The highest BCUT2D eigenvalue weighted by Gasteiger charge is 2.24. The average Bonchev–Trinajstić information content (AvgIpc) is 2.85. The van der Waals surface area contributed by atoms with Crippen LogP contribution in [0.25, 0.3) is 12.2 Å². The van der Waals surface area contributed by atoms with E-state index >= 15 is 4.39 Å². The van der Waals surface area contributed by atoms with Crippen molar-refractivity contribution in [1.29, 1.82) is 0 Å². The van der Waals surface area contributed by atoms with Gasteiger partial charge in [-0.3, -0.25) is 0 Å². The predicted molar refractivity (Wildman–Crippen MR) is 139 cm³/mol. The van der Waals surface area contributed by atoms with Crippen molar-refractivity contribution in [3.8, 4) is 11.8 Å². The average molecular weight is 542 g/mol. The van der Waals surface area contributed by atoms with Gasteiger partial charge < -0.3 is 0 Å². The van der Waals surface area contributed by atoms with Crippen molar-refractivity contribution in [3.63, 3.8) is 0 Å². The number of hydrogen-bond donors (Lipinski definition) is 0. The fraction of sp³-hybridized carbons (Fsp3) is 0.233. The van der Waals surface area contributed by atoms with E-state index in [0.717, 1.165) is 55.7 Å². The number of halogens is 6. The van der Waals surface area contributed by atoms with Gasteiger partial charge in [-0.05, 0) is 90.5 Å². The summed E-state index contributed by atoms with van der Waals surface area (Å²) in [4.78, 5) is 3.29. The SMILES string of the molecule is CCCC1CCc2c(cc(F)c(C#Cc3cc(F)c(/C=C/c4cc(F)c(N=C=S)c(F)c4)c(F)c3)c2F)C1. The Kier molecular flexibility index (Phi) is 8.51. The molecule has 0 saturated heterocycles. The van der Waals surface area contributed by atoms with Crippen molar-refractivity contribution in [2.75, 3.05) is 0 Å². The molecule has 8 heteroatoms. The van der Waals surface area contributed by atoms with Crippen LogP contribution in [-0.2, 0) is 12.8 Å². The maximum absolute atomic E-state index is 15.1. The first-order valence-electron chi connectivity index (χ1n) is 12.0. The van der Waals surface area contributed by atoms with Crippen LogP contribution in [0.15, 0.2) is 35.3 Å². The minimum atomic E-state index is -1.02. The van der Waals surface area contributed by atoms with Crippen molar-refractivity contribution in [1.82, 2.24) is 0 Å². The summed E-state index contributed by atoms with van der Waals surface area (Å²) in [5, 5.41) is 1.87. The summed E-state index contributed by atoms with van der Waals surface area (Å²) in [5.74, 6) is -0.387. The van der Waals surface area contributed by atoms with Crippen LogP contribution in [0.2, 0.25) is 0 Å². The van der Waals surface area contributed by atoms with Crippen LogP contribution < -0.4 is 0 Å². The number of hydrogen-bond acceptors (Lipinski definition) is 2. The van der Waals surface area contributed by atoms with Crippen LogP contribution in [0.4, 0.5) is 32.0 Å². The summed E-state index contributed by atoms with van der Waals surface area (Å²) in [5.41, 5.74) is -0.593. The van der Waals surface area contributed by atoms with Crippen LogP contribution in [0.5, 0.6) is 0 Å². The number of nitrogens with zero attached hydrogens (tertiary/aromatic N) is 1. The molecular weight excluding hydrogens is 520 g/mol. The Hall–Kier alpha value is -3.66.